The average molecular weight is 416 g/mol. The van der Waals surface area contributed by atoms with Crippen LogP contribution in [0, 0.1) is 6.92 Å². The summed E-state index contributed by atoms with van der Waals surface area (Å²) in [5.74, 6) is -0.551. The Bertz CT molecular complexity index is 994. The van der Waals surface area contributed by atoms with Crippen molar-refractivity contribution in [1.29, 1.82) is 0 Å². The van der Waals surface area contributed by atoms with E-state index in [9.17, 15) is 9.59 Å². The lowest BCUT2D eigenvalue weighted by molar-refractivity contribution is 0.0531. The smallest absolute Gasteiger partial charge is 0.349 e. The molecule has 0 fully saturated rings. The Balaban J connectivity index is 1.80. The molecular weight excluding hydrogens is 394 g/mol. The number of benzene rings is 1. The fourth-order valence-electron chi connectivity index (χ4n) is 2.79. The first-order chi connectivity index (χ1) is 13.5. The Morgan fingerprint density at radius 3 is 2.75 bits per heavy atom. The van der Waals surface area contributed by atoms with Crippen molar-refractivity contribution in [2.45, 2.75) is 33.6 Å². The monoisotopic (exact) mass is 415 g/mol. The van der Waals surface area contributed by atoms with E-state index in [0.29, 0.717) is 29.2 Å². The van der Waals surface area contributed by atoms with Crippen LogP contribution in [0.25, 0.3) is 0 Å². The second-order valence-corrected chi connectivity index (χ2v) is 8.02. The quantitative estimate of drug-likeness (QED) is 0.575. The molecule has 1 amide bonds. The Labute approximate surface area is 171 Å². The number of thiazole rings is 1. The molecule has 2 heterocycles. The van der Waals surface area contributed by atoms with Crippen LogP contribution in [0.5, 0.6) is 0 Å². The summed E-state index contributed by atoms with van der Waals surface area (Å²) in [6.07, 6.45) is 2.80. The topological polar surface area (TPSA) is 81.2 Å². The molecule has 0 saturated heterocycles. The summed E-state index contributed by atoms with van der Waals surface area (Å²) < 4.78 is 9.36. The van der Waals surface area contributed by atoms with Gasteiger partial charge < -0.3 is 10.1 Å². The standard InChI is InChI=1S/C20H21N3O3S2/c1-4-13-8-6-7-9-14(13)22-19(24)18-12(3)23-28-15(18)10-17-21-11-16(27-17)20(25)26-5-2/h6-9,11H,4-5,10H2,1-3H3,(H,22,24). The highest BCUT2D eigenvalue weighted by molar-refractivity contribution is 7.13. The van der Waals surface area contributed by atoms with E-state index in [1.165, 1.54) is 29.1 Å². The van der Waals surface area contributed by atoms with Crippen molar-refractivity contribution in [2.24, 2.45) is 0 Å². The van der Waals surface area contributed by atoms with Crippen molar-refractivity contribution >= 4 is 40.4 Å². The predicted octanol–water partition coefficient (Wildman–Crippen LogP) is 4.49. The molecule has 0 saturated carbocycles. The van der Waals surface area contributed by atoms with Crippen LogP contribution < -0.4 is 5.32 Å². The summed E-state index contributed by atoms with van der Waals surface area (Å²) in [6.45, 7) is 5.97. The molecule has 3 rings (SSSR count). The largest absolute Gasteiger partial charge is 0.462 e. The number of ether oxygens (including phenoxy) is 1. The zero-order chi connectivity index (χ0) is 20.1. The van der Waals surface area contributed by atoms with Gasteiger partial charge in [-0.05, 0) is 43.4 Å². The van der Waals surface area contributed by atoms with Crippen molar-refractivity contribution in [3.63, 3.8) is 0 Å². The Kier molecular flexibility index (Phi) is 6.53. The van der Waals surface area contributed by atoms with E-state index in [-0.39, 0.29) is 11.9 Å². The summed E-state index contributed by atoms with van der Waals surface area (Å²) >= 11 is 2.56. The molecule has 8 heteroatoms. The van der Waals surface area contributed by atoms with E-state index in [0.717, 1.165) is 27.6 Å². The van der Waals surface area contributed by atoms with Gasteiger partial charge in [0.15, 0.2) is 0 Å². The van der Waals surface area contributed by atoms with Gasteiger partial charge in [0.2, 0.25) is 0 Å². The number of amides is 1. The van der Waals surface area contributed by atoms with Gasteiger partial charge in [-0.2, -0.15) is 4.37 Å². The maximum Gasteiger partial charge on any atom is 0.349 e. The molecule has 0 spiro atoms. The third-order valence-corrected chi connectivity index (χ3v) is 6.06. The van der Waals surface area contributed by atoms with Crippen molar-refractivity contribution < 1.29 is 14.3 Å². The molecule has 0 aliphatic heterocycles. The molecule has 1 aromatic carbocycles. The van der Waals surface area contributed by atoms with Crippen molar-refractivity contribution in [3.05, 3.63) is 62.0 Å². The molecule has 146 valence electrons. The molecule has 28 heavy (non-hydrogen) atoms. The Morgan fingerprint density at radius 1 is 1.21 bits per heavy atom. The van der Waals surface area contributed by atoms with E-state index in [2.05, 4.69) is 21.6 Å². The van der Waals surface area contributed by atoms with Gasteiger partial charge in [-0.25, -0.2) is 9.78 Å². The van der Waals surface area contributed by atoms with E-state index in [4.69, 9.17) is 4.74 Å². The lowest BCUT2D eigenvalue weighted by Gasteiger charge is -2.10. The third-order valence-electron chi connectivity index (χ3n) is 4.15. The number of nitrogens with one attached hydrogen (secondary N) is 1. The van der Waals surface area contributed by atoms with E-state index in [1.54, 1.807) is 6.92 Å². The second-order valence-electron chi connectivity index (χ2n) is 6.05. The van der Waals surface area contributed by atoms with Gasteiger partial charge in [0, 0.05) is 17.0 Å². The fraction of sp³-hybridized carbons (Fsp3) is 0.300. The van der Waals surface area contributed by atoms with Gasteiger partial charge >= 0.3 is 5.97 Å². The normalized spacial score (nSPS) is 10.7. The number of aromatic nitrogens is 2. The van der Waals surface area contributed by atoms with Crippen molar-refractivity contribution in [2.75, 3.05) is 11.9 Å². The summed E-state index contributed by atoms with van der Waals surface area (Å²) in [7, 11) is 0. The second kappa shape index (κ2) is 9.07. The number of hydrogen-bond acceptors (Lipinski definition) is 7. The Hall–Kier alpha value is -2.58. The van der Waals surface area contributed by atoms with E-state index >= 15 is 0 Å². The highest BCUT2D eigenvalue weighted by Crippen LogP contribution is 2.26. The third kappa shape index (κ3) is 4.45. The van der Waals surface area contributed by atoms with Crippen LogP contribution in [0.3, 0.4) is 0 Å². The van der Waals surface area contributed by atoms with E-state index in [1.807, 2.05) is 31.2 Å². The van der Waals surface area contributed by atoms with Crippen LogP contribution in [-0.4, -0.2) is 27.8 Å². The first-order valence-electron chi connectivity index (χ1n) is 8.99. The Morgan fingerprint density at radius 2 is 2.00 bits per heavy atom. The number of para-hydroxylation sites is 1. The summed E-state index contributed by atoms with van der Waals surface area (Å²) in [6, 6.07) is 7.77. The van der Waals surface area contributed by atoms with Crippen LogP contribution >= 0.6 is 22.9 Å². The van der Waals surface area contributed by atoms with Gasteiger partial charge in [0.1, 0.15) is 4.88 Å². The number of nitrogens with zero attached hydrogens (tertiary/aromatic N) is 2. The molecule has 2 aromatic heterocycles. The SMILES string of the molecule is CCOC(=O)c1cnc(Cc2snc(C)c2C(=O)Nc2ccccc2CC)s1. The number of anilines is 1. The summed E-state index contributed by atoms with van der Waals surface area (Å²) in [5.41, 5.74) is 3.15. The number of hydrogen-bond donors (Lipinski definition) is 1. The molecule has 0 aliphatic rings. The minimum atomic E-state index is -0.374. The highest BCUT2D eigenvalue weighted by atomic mass is 32.1. The van der Waals surface area contributed by atoms with Crippen molar-refractivity contribution in [1.82, 2.24) is 9.36 Å². The molecule has 0 atom stereocenters. The van der Waals surface area contributed by atoms with Gasteiger partial charge in [-0.1, -0.05) is 25.1 Å². The van der Waals surface area contributed by atoms with Crippen LogP contribution in [0.15, 0.2) is 30.5 Å². The minimum Gasteiger partial charge on any atom is -0.462 e. The van der Waals surface area contributed by atoms with Gasteiger partial charge in [0.05, 0.1) is 29.1 Å². The van der Waals surface area contributed by atoms with Crippen molar-refractivity contribution in [3.8, 4) is 0 Å². The number of rotatable bonds is 7. The average Bonchev–Trinajstić information content (AvgIpc) is 3.29. The highest BCUT2D eigenvalue weighted by Gasteiger charge is 2.21. The first kappa shape index (κ1) is 20.2. The van der Waals surface area contributed by atoms with Crippen LogP contribution in [0.4, 0.5) is 5.69 Å². The maximum atomic E-state index is 12.9. The number of esters is 1. The lowest BCUT2D eigenvalue weighted by Crippen LogP contribution is -2.15. The first-order valence-corrected chi connectivity index (χ1v) is 10.6. The van der Waals surface area contributed by atoms with Gasteiger partial charge in [0.25, 0.3) is 5.91 Å². The fourth-order valence-corrected chi connectivity index (χ4v) is 4.58. The zero-order valence-electron chi connectivity index (χ0n) is 15.9. The molecule has 0 aliphatic carbocycles. The molecule has 3 aromatic rings. The predicted molar refractivity (Wildman–Crippen MR) is 112 cm³/mol. The number of aryl methyl sites for hydroxylation is 2. The molecule has 0 unspecified atom stereocenters. The number of carbonyl (C=O) groups excluding carboxylic acids is 2. The molecular formula is C20H21N3O3S2. The van der Waals surface area contributed by atoms with Gasteiger partial charge in [-0.3, -0.25) is 4.79 Å². The number of carbonyl (C=O) groups is 2. The molecule has 0 radical (unpaired) electrons. The van der Waals surface area contributed by atoms with Gasteiger partial charge in [-0.15, -0.1) is 11.3 Å². The minimum absolute atomic E-state index is 0.177. The molecule has 1 N–H and O–H groups in total. The summed E-state index contributed by atoms with van der Waals surface area (Å²) in [5, 5.41) is 3.75. The van der Waals surface area contributed by atoms with Crippen LogP contribution in [0.1, 0.15) is 55.0 Å². The van der Waals surface area contributed by atoms with Crippen LogP contribution in [-0.2, 0) is 17.6 Å². The van der Waals surface area contributed by atoms with Crippen LogP contribution in [0.2, 0.25) is 0 Å². The lowest BCUT2D eigenvalue weighted by atomic mass is 10.1. The summed E-state index contributed by atoms with van der Waals surface area (Å²) in [4.78, 5) is 30.4. The van der Waals surface area contributed by atoms with E-state index < -0.39 is 0 Å². The molecule has 0 bridgehead atoms. The maximum absolute atomic E-state index is 12.9. The zero-order valence-corrected chi connectivity index (χ0v) is 17.6. The molecule has 6 nitrogen and oxygen atoms in total.